The number of rotatable bonds is 5. The molecule has 1 aromatic heterocycles. The Bertz CT molecular complexity index is 4360. The molecule has 17 rings (SSSR count). The number of ether oxygens (including phenoxy) is 1. The van der Waals surface area contributed by atoms with Crippen LogP contribution in [0.5, 0.6) is 11.5 Å². The Balaban J connectivity index is 0.934. The lowest BCUT2D eigenvalue weighted by atomic mass is 9.66. The number of hydrogen-bond acceptors (Lipinski definition) is 3. The van der Waals surface area contributed by atoms with Crippen molar-refractivity contribution in [3.63, 3.8) is 0 Å². The molecule has 0 fully saturated rings. The van der Waals surface area contributed by atoms with E-state index in [1.807, 2.05) is 11.8 Å². The molecule has 0 amide bonds. The maximum Gasteiger partial charge on any atom is 0.132 e. The molecule has 0 radical (unpaired) electrons. The maximum absolute atomic E-state index is 6.80. The van der Waals surface area contributed by atoms with Gasteiger partial charge in [0.15, 0.2) is 0 Å². The molecule has 2 aliphatic carbocycles. The van der Waals surface area contributed by atoms with Gasteiger partial charge in [0, 0.05) is 54.2 Å². The molecule has 4 heteroatoms. The molecule has 2 spiro atoms. The van der Waals surface area contributed by atoms with Gasteiger partial charge < -0.3 is 14.2 Å². The highest BCUT2D eigenvalue weighted by Crippen LogP contribution is 2.67. The number of benzene rings is 12. The first-order valence-corrected chi connectivity index (χ1v) is 27.7. The van der Waals surface area contributed by atoms with Gasteiger partial charge in [-0.3, -0.25) is 0 Å². The van der Waals surface area contributed by atoms with E-state index < -0.39 is 10.8 Å². The zero-order valence-electron chi connectivity index (χ0n) is 42.3. The van der Waals surface area contributed by atoms with Crippen LogP contribution in [0, 0.1) is 0 Å². The Morgan fingerprint density at radius 1 is 0.333 bits per heavy atom. The van der Waals surface area contributed by atoms with E-state index in [9.17, 15) is 0 Å². The van der Waals surface area contributed by atoms with Gasteiger partial charge >= 0.3 is 0 Å². The summed E-state index contributed by atoms with van der Waals surface area (Å²) in [6, 6.07) is 104. The number of fused-ring (bicyclic) bond motifs is 21. The van der Waals surface area contributed by atoms with Gasteiger partial charge in [0.05, 0.1) is 33.2 Å². The molecule has 0 N–H and O–H groups in total. The van der Waals surface area contributed by atoms with Crippen molar-refractivity contribution in [1.82, 2.24) is 4.57 Å². The van der Waals surface area contributed by atoms with E-state index in [-0.39, 0.29) is 0 Å². The summed E-state index contributed by atoms with van der Waals surface area (Å²) in [6.07, 6.45) is 0. The van der Waals surface area contributed by atoms with Crippen LogP contribution >= 0.6 is 11.8 Å². The number of nitrogens with zero attached hydrogens (tertiary/aromatic N) is 2. The monoisotopic (exact) mass is 1010 g/mol. The van der Waals surface area contributed by atoms with E-state index in [1.54, 1.807) is 0 Å². The fraction of sp³-hybridized carbons (Fsp3) is 0.0270. The van der Waals surface area contributed by atoms with Crippen LogP contribution in [-0.2, 0) is 10.8 Å². The summed E-state index contributed by atoms with van der Waals surface area (Å²) < 4.78 is 9.21. The summed E-state index contributed by atoms with van der Waals surface area (Å²) >= 11 is 1.88. The van der Waals surface area contributed by atoms with E-state index in [4.69, 9.17) is 4.74 Å². The molecule has 13 aromatic rings. The van der Waals surface area contributed by atoms with Crippen LogP contribution in [0.25, 0.3) is 60.9 Å². The smallest absolute Gasteiger partial charge is 0.132 e. The summed E-state index contributed by atoms with van der Waals surface area (Å²) in [5, 5.41) is 2.49. The molecular formula is C74H46N2OS. The summed E-state index contributed by atoms with van der Waals surface area (Å²) in [7, 11) is 0. The zero-order chi connectivity index (χ0) is 51.1. The third-order valence-electron chi connectivity index (χ3n) is 17.3. The molecule has 12 aromatic carbocycles. The van der Waals surface area contributed by atoms with Crippen LogP contribution in [0.1, 0.15) is 44.5 Å². The van der Waals surface area contributed by atoms with Gasteiger partial charge in [-0.1, -0.05) is 218 Å². The van der Waals surface area contributed by atoms with Crippen LogP contribution in [0.3, 0.4) is 0 Å². The Morgan fingerprint density at radius 3 is 1.41 bits per heavy atom. The third kappa shape index (κ3) is 5.74. The van der Waals surface area contributed by atoms with Crippen molar-refractivity contribution in [3.8, 4) is 50.6 Å². The minimum Gasteiger partial charge on any atom is -0.457 e. The molecule has 0 unspecified atom stereocenters. The SMILES string of the molecule is c1ccc(-n2c3ccccc3c3ccc(-c4ccc(N(c5cccc6c5-c5ccccc5C65c6ccccc6Oc6ccccc65)c5cccc6c5-c5ccccc5C65c6ccccc6Sc6ccccc65)cc4)cc32)cc1. The van der Waals surface area contributed by atoms with Crippen molar-refractivity contribution < 1.29 is 4.74 Å². The third-order valence-corrected chi connectivity index (χ3v) is 18.5. The maximum atomic E-state index is 6.80. The normalized spacial score (nSPS) is 14.2. The summed E-state index contributed by atoms with van der Waals surface area (Å²) in [5.74, 6) is 1.76. The first kappa shape index (κ1) is 43.6. The summed E-state index contributed by atoms with van der Waals surface area (Å²) in [6.45, 7) is 0. The van der Waals surface area contributed by atoms with Crippen LogP contribution in [0.2, 0.25) is 0 Å². The standard InChI is InChI=1S/C74H46N2OS/c1-2-20-49(21-3-1)75-63-33-13-6-22-51(63)52-45-42-48(46-66(52)75)47-40-43-50(44-41-47)76(64-34-18-31-61-71(64)53-23-4-7-25-55(53)73(61)57-27-9-14-36-67(57)77-68-37-15-10-28-58(68)73)65-35-19-32-62-72(65)54-24-5-8-26-56(54)74(62)59-29-11-16-38-69(59)78-70-39-17-12-30-60(70)74/h1-46H. The Morgan fingerprint density at radius 2 is 0.795 bits per heavy atom. The van der Waals surface area contributed by atoms with E-state index in [2.05, 4.69) is 289 Å². The quantitative estimate of drug-likeness (QED) is 0.171. The average Bonchev–Trinajstić information content (AvgIpc) is 4.29. The predicted molar refractivity (Wildman–Crippen MR) is 320 cm³/mol. The molecule has 0 saturated heterocycles. The molecule has 3 heterocycles. The number of aromatic nitrogens is 1. The van der Waals surface area contributed by atoms with Crippen molar-refractivity contribution in [2.24, 2.45) is 0 Å². The Hall–Kier alpha value is -9.61. The topological polar surface area (TPSA) is 17.4 Å². The van der Waals surface area contributed by atoms with Gasteiger partial charge in [0.2, 0.25) is 0 Å². The van der Waals surface area contributed by atoms with Crippen molar-refractivity contribution in [3.05, 3.63) is 324 Å². The van der Waals surface area contributed by atoms with Crippen LogP contribution in [0.15, 0.2) is 289 Å². The average molecular weight is 1010 g/mol. The van der Waals surface area contributed by atoms with Gasteiger partial charge in [-0.2, -0.15) is 0 Å². The first-order chi connectivity index (χ1) is 38.7. The highest BCUT2D eigenvalue weighted by Gasteiger charge is 2.54. The van der Waals surface area contributed by atoms with E-state index >= 15 is 0 Å². The van der Waals surface area contributed by atoms with Crippen molar-refractivity contribution >= 4 is 50.6 Å². The fourth-order valence-electron chi connectivity index (χ4n) is 14.4. The van der Waals surface area contributed by atoms with Crippen LogP contribution in [-0.4, -0.2) is 4.57 Å². The second-order valence-corrected chi connectivity index (χ2v) is 22.1. The first-order valence-electron chi connectivity index (χ1n) is 26.9. The Labute approximate surface area is 456 Å². The zero-order valence-corrected chi connectivity index (χ0v) is 43.1. The molecule has 0 atom stereocenters. The van der Waals surface area contributed by atoms with Gasteiger partial charge in [0.1, 0.15) is 11.5 Å². The predicted octanol–water partition coefficient (Wildman–Crippen LogP) is 19.2. The number of para-hydroxylation sites is 4. The lowest BCUT2D eigenvalue weighted by molar-refractivity contribution is 0.436. The lowest BCUT2D eigenvalue weighted by Crippen LogP contribution is -2.32. The van der Waals surface area contributed by atoms with Crippen LogP contribution < -0.4 is 9.64 Å². The number of anilines is 3. The van der Waals surface area contributed by atoms with Crippen molar-refractivity contribution in [2.75, 3.05) is 4.90 Å². The second-order valence-electron chi connectivity index (χ2n) is 21.0. The fourth-order valence-corrected chi connectivity index (χ4v) is 15.5. The highest BCUT2D eigenvalue weighted by atomic mass is 32.2. The van der Waals surface area contributed by atoms with Gasteiger partial charge in [-0.25, -0.2) is 0 Å². The Kier molecular flexibility index (Phi) is 9.20. The molecule has 4 aliphatic rings. The molecular weight excluding hydrogens is 965 g/mol. The van der Waals surface area contributed by atoms with Gasteiger partial charge in [-0.15, -0.1) is 0 Å². The van der Waals surface area contributed by atoms with E-state index in [0.29, 0.717) is 0 Å². The van der Waals surface area contributed by atoms with E-state index in [0.717, 1.165) is 56.5 Å². The molecule has 78 heavy (non-hydrogen) atoms. The molecule has 364 valence electrons. The lowest BCUT2D eigenvalue weighted by Gasteiger charge is -2.40. The largest absolute Gasteiger partial charge is 0.457 e. The summed E-state index contributed by atoms with van der Waals surface area (Å²) in [5.41, 5.74) is 23.0. The minimum atomic E-state index is -0.633. The summed E-state index contributed by atoms with van der Waals surface area (Å²) in [4.78, 5) is 5.16. The molecule has 0 bridgehead atoms. The second kappa shape index (κ2) is 16.4. The van der Waals surface area contributed by atoms with E-state index in [1.165, 1.54) is 87.2 Å². The van der Waals surface area contributed by atoms with Crippen molar-refractivity contribution in [1.29, 1.82) is 0 Å². The highest BCUT2D eigenvalue weighted by molar-refractivity contribution is 7.99. The number of hydrogen-bond donors (Lipinski definition) is 0. The molecule has 0 saturated carbocycles. The van der Waals surface area contributed by atoms with Gasteiger partial charge in [0.25, 0.3) is 0 Å². The minimum absolute atomic E-state index is 0.540. The molecule has 3 nitrogen and oxygen atoms in total. The van der Waals surface area contributed by atoms with Gasteiger partial charge in [-0.05, 0) is 128 Å². The molecule has 2 aliphatic heterocycles. The van der Waals surface area contributed by atoms with Crippen molar-refractivity contribution in [2.45, 2.75) is 20.6 Å². The van der Waals surface area contributed by atoms with Crippen LogP contribution in [0.4, 0.5) is 17.1 Å².